The minimum atomic E-state index is -0.557. The molecule has 1 aliphatic carbocycles. The van der Waals surface area contributed by atoms with Crippen LogP contribution in [0.15, 0.2) is 29.6 Å². The van der Waals surface area contributed by atoms with Crippen LogP contribution in [0.1, 0.15) is 43.6 Å². The number of thiophene rings is 1. The molecule has 3 N–H and O–H groups in total. The van der Waals surface area contributed by atoms with E-state index in [-0.39, 0.29) is 17.8 Å². The normalized spacial score (nSPS) is 16.5. The Balaban J connectivity index is 1.77. The van der Waals surface area contributed by atoms with E-state index >= 15 is 0 Å². The molecule has 6 heteroatoms. The molecule has 0 saturated carbocycles. The van der Waals surface area contributed by atoms with Crippen molar-refractivity contribution in [1.29, 1.82) is 0 Å². The molecule has 0 aliphatic heterocycles. The number of carbonyl (C=O) groups excluding carboxylic acids is 2. The Kier molecular flexibility index (Phi) is 3.47. The average Bonchev–Trinajstić information content (AvgIpc) is 3.06. The van der Waals surface area contributed by atoms with Crippen molar-refractivity contribution in [3.8, 4) is 0 Å². The van der Waals surface area contributed by atoms with Gasteiger partial charge in [-0.1, -0.05) is 6.07 Å². The molecule has 1 atom stereocenters. The fraction of sp³-hybridized carbons (Fsp3) is 0.200. The first-order valence-electron chi connectivity index (χ1n) is 6.52. The first-order chi connectivity index (χ1) is 10.0. The van der Waals surface area contributed by atoms with Gasteiger partial charge in [0.05, 0.1) is 16.5 Å². The third kappa shape index (κ3) is 2.67. The van der Waals surface area contributed by atoms with Crippen LogP contribution in [0.25, 0.3) is 0 Å². The average molecular weight is 304 g/mol. The zero-order chi connectivity index (χ0) is 15.0. The Hall–Kier alpha value is -2.21. The van der Waals surface area contributed by atoms with E-state index in [0.717, 1.165) is 24.0 Å². The summed E-state index contributed by atoms with van der Waals surface area (Å²) >= 11 is 1.17. The zero-order valence-electron chi connectivity index (χ0n) is 11.1. The van der Waals surface area contributed by atoms with Crippen LogP contribution in [0.2, 0.25) is 0 Å². The molecule has 108 valence electrons. The van der Waals surface area contributed by atoms with Gasteiger partial charge in [-0.15, -0.1) is 11.3 Å². The summed E-state index contributed by atoms with van der Waals surface area (Å²) in [7, 11) is 0. The van der Waals surface area contributed by atoms with Crippen LogP contribution >= 0.6 is 11.3 Å². The molecular weight excluding hydrogens is 291 g/mol. The molecular formula is C15H13FN2O2S. The van der Waals surface area contributed by atoms with E-state index < -0.39 is 5.91 Å². The fourth-order valence-electron chi connectivity index (χ4n) is 2.54. The number of primary amides is 1. The Morgan fingerprint density at radius 2 is 2.14 bits per heavy atom. The van der Waals surface area contributed by atoms with Crippen LogP contribution in [-0.4, -0.2) is 11.8 Å². The molecule has 0 radical (unpaired) electrons. The van der Waals surface area contributed by atoms with Gasteiger partial charge in [-0.2, -0.15) is 0 Å². The lowest BCUT2D eigenvalue weighted by Crippen LogP contribution is -2.26. The van der Waals surface area contributed by atoms with Gasteiger partial charge in [0, 0.05) is 5.38 Å². The van der Waals surface area contributed by atoms with Crippen LogP contribution < -0.4 is 11.1 Å². The van der Waals surface area contributed by atoms with E-state index in [4.69, 9.17) is 5.73 Å². The number of benzene rings is 1. The van der Waals surface area contributed by atoms with Gasteiger partial charge in [-0.25, -0.2) is 4.39 Å². The van der Waals surface area contributed by atoms with Crippen LogP contribution in [0.3, 0.4) is 0 Å². The third-order valence-electron chi connectivity index (χ3n) is 3.60. The number of carbonyl (C=O) groups is 2. The number of nitrogens with two attached hydrogens (primary N) is 1. The number of fused-ring (bicyclic) bond motifs is 1. The summed E-state index contributed by atoms with van der Waals surface area (Å²) in [6, 6.07) is 5.94. The van der Waals surface area contributed by atoms with Gasteiger partial charge in [0.1, 0.15) is 5.82 Å². The van der Waals surface area contributed by atoms with Crippen LogP contribution in [0, 0.1) is 5.82 Å². The monoisotopic (exact) mass is 304 g/mol. The molecule has 2 amide bonds. The Labute approximate surface area is 124 Å². The summed E-state index contributed by atoms with van der Waals surface area (Å²) in [5.74, 6) is -1.13. The van der Waals surface area contributed by atoms with Crippen molar-refractivity contribution in [2.45, 2.75) is 18.9 Å². The topological polar surface area (TPSA) is 72.2 Å². The number of rotatable bonds is 3. The number of halogens is 1. The first kappa shape index (κ1) is 13.8. The van der Waals surface area contributed by atoms with E-state index in [0.29, 0.717) is 10.4 Å². The number of hydrogen-bond acceptors (Lipinski definition) is 3. The quantitative estimate of drug-likeness (QED) is 0.914. The molecule has 0 fully saturated rings. The highest BCUT2D eigenvalue weighted by Gasteiger charge is 2.25. The molecule has 0 unspecified atom stereocenters. The van der Waals surface area contributed by atoms with E-state index in [1.165, 1.54) is 29.5 Å². The highest BCUT2D eigenvalue weighted by molar-refractivity contribution is 7.12. The van der Waals surface area contributed by atoms with E-state index in [9.17, 15) is 14.0 Å². The van der Waals surface area contributed by atoms with E-state index in [1.54, 1.807) is 11.4 Å². The largest absolute Gasteiger partial charge is 0.366 e. The Bertz CT molecular complexity index is 726. The number of amides is 2. The summed E-state index contributed by atoms with van der Waals surface area (Å²) in [6.07, 6.45) is 1.57. The lowest BCUT2D eigenvalue weighted by atomic mass is 10.1. The Morgan fingerprint density at radius 1 is 1.33 bits per heavy atom. The lowest BCUT2D eigenvalue weighted by molar-refractivity contribution is 0.0940. The SMILES string of the molecule is NC(=O)c1csc(C(=O)N[C@H]2CCc3ccc(F)cc32)c1. The number of nitrogens with one attached hydrogen (secondary N) is 1. The summed E-state index contributed by atoms with van der Waals surface area (Å²) in [5.41, 5.74) is 7.38. The van der Waals surface area contributed by atoms with Crippen molar-refractivity contribution in [3.05, 3.63) is 57.0 Å². The zero-order valence-corrected chi connectivity index (χ0v) is 11.9. The molecule has 4 nitrogen and oxygen atoms in total. The maximum absolute atomic E-state index is 13.3. The number of aryl methyl sites for hydroxylation is 1. The second-order valence-corrected chi connectivity index (χ2v) is 5.88. The van der Waals surface area contributed by atoms with E-state index in [2.05, 4.69) is 5.32 Å². The predicted molar refractivity (Wildman–Crippen MR) is 77.8 cm³/mol. The highest BCUT2D eigenvalue weighted by atomic mass is 32.1. The molecule has 1 aliphatic rings. The van der Waals surface area contributed by atoms with Crippen LogP contribution in [0.5, 0.6) is 0 Å². The summed E-state index contributed by atoms with van der Waals surface area (Å²) in [6.45, 7) is 0. The number of hydrogen-bond donors (Lipinski definition) is 2. The summed E-state index contributed by atoms with van der Waals surface area (Å²) in [4.78, 5) is 23.6. The predicted octanol–water partition coefficient (Wildman–Crippen LogP) is 2.40. The van der Waals surface area contributed by atoms with Crippen molar-refractivity contribution < 1.29 is 14.0 Å². The molecule has 1 heterocycles. The molecule has 21 heavy (non-hydrogen) atoms. The van der Waals surface area contributed by atoms with Crippen molar-refractivity contribution in [3.63, 3.8) is 0 Å². The smallest absolute Gasteiger partial charge is 0.261 e. The van der Waals surface area contributed by atoms with Crippen molar-refractivity contribution in [2.24, 2.45) is 5.73 Å². The van der Waals surface area contributed by atoms with Crippen molar-refractivity contribution in [2.75, 3.05) is 0 Å². The maximum Gasteiger partial charge on any atom is 0.261 e. The molecule has 0 spiro atoms. The molecule has 2 aromatic rings. The minimum Gasteiger partial charge on any atom is -0.366 e. The molecule has 3 rings (SSSR count). The highest BCUT2D eigenvalue weighted by Crippen LogP contribution is 2.32. The van der Waals surface area contributed by atoms with Crippen LogP contribution in [-0.2, 0) is 6.42 Å². The third-order valence-corrected chi connectivity index (χ3v) is 4.53. The van der Waals surface area contributed by atoms with Gasteiger partial charge in [0.2, 0.25) is 5.91 Å². The van der Waals surface area contributed by atoms with Gasteiger partial charge >= 0.3 is 0 Å². The van der Waals surface area contributed by atoms with Gasteiger partial charge in [0.15, 0.2) is 0 Å². The fourth-order valence-corrected chi connectivity index (χ4v) is 3.34. The minimum absolute atomic E-state index is 0.192. The molecule has 0 bridgehead atoms. The van der Waals surface area contributed by atoms with Crippen LogP contribution in [0.4, 0.5) is 4.39 Å². The van der Waals surface area contributed by atoms with E-state index in [1.807, 2.05) is 0 Å². The molecule has 1 aromatic carbocycles. The second kappa shape index (κ2) is 5.29. The van der Waals surface area contributed by atoms with Gasteiger partial charge in [0.25, 0.3) is 5.91 Å². The maximum atomic E-state index is 13.3. The second-order valence-electron chi connectivity index (χ2n) is 4.97. The van der Waals surface area contributed by atoms with Gasteiger partial charge in [-0.3, -0.25) is 9.59 Å². The molecule has 0 saturated heterocycles. The molecule has 1 aromatic heterocycles. The Morgan fingerprint density at radius 3 is 2.86 bits per heavy atom. The first-order valence-corrected chi connectivity index (χ1v) is 7.40. The summed E-state index contributed by atoms with van der Waals surface area (Å²) in [5, 5.41) is 4.44. The summed E-state index contributed by atoms with van der Waals surface area (Å²) < 4.78 is 13.3. The van der Waals surface area contributed by atoms with Crippen molar-refractivity contribution in [1.82, 2.24) is 5.32 Å². The van der Waals surface area contributed by atoms with Crippen molar-refractivity contribution >= 4 is 23.2 Å². The lowest BCUT2D eigenvalue weighted by Gasteiger charge is -2.13. The van der Waals surface area contributed by atoms with Gasteiger partial charge < -0.3 is 11.1 Å². The standard InChI is InChI=1S/C15H13FN2O2S/c16-10-3-1-8-2-4-12(11(8)6-10)18-15(20)13-5-9(7-21-13)14(17)19/h1,3,5-7,12H,2,4H2,(H2,17,19)(H,18,20)/t12-/m0/s1. The van der Waals surface area contributed by atoms with Gasteiger partial charge in [-0.05, 0) is 42.2 Å².